The normalized spacial score (nSPS) is 9.69. The van der Waals surface area contributed by atoms with Crippen LogP contribution in [0.3, 0.4) is 0 Å². The molecule has 0 heterocycles. The molecule has 0 spiro atoms. The zero-order valence-corrected chi connectivity index (χ0v) is 7.97. The lowest BCUT2D eigenvalue weighted by atomic mass is 10.3. The van der Waals surface area contributed by atoms with E-state index in [-0.39, 0.29) is 11.7 Å². The van der Waals surface area contributed by atoms with Crippen molar-refractivity contribution in [3.63, 3.8) is 0 Å². The number of carbonyl (C=O) groups excluding carboxylic acids is 1. The molecule has 0 bridgehead atoms. The third-order valence-corrected chi connectivity index (χ3v) is 1.80. The molecule has 0 amide bonds. The first-order chi connectivity index (χ1) is 6.15. The number of rotatable bonds is 2. The molecule has 1 aromatic carbocycles. The highest BCUT2D eigenvalue weighted by molar-refractivity contribution is 6.32. The first-order valence-electron chi connectivity index (χ1n) is 3.89. The lowest BCUT2D eigenvalue weighted by Crippen LogP contribution is -2.07. The second-order valence-corrected chi connectivity index (χ2v) is 2.89. The SMILES string of the molecule is CCC(=O)Oc1c(N)cccc1Cl. The molecular formula is C9H10ClNO2. The number of carbonyl (C=O) groups is 1. The number of anilines is 1. The lowest BCUT2D eigenvalue weighted by molar-refractivity contribution is -0.133. The molecular weight excluding hydrogens is 190 g/mol. The summed E-state index contributed by atoms with van der Waals surface area (Å²) in [6, 6.07) is 4.95. The minimum atomic E-state index is -0.347. The van der Waals surface area contributed by atoms with Crippen LogP contribution in [0.2, 0.25) is 5.02 Å². The van der Waals surface area contributed by atoms with Crippen LogP contribution in [-0.4, -0.2) is 5.97 Å². The standard InChI is InChI=1S/C9H10ClNO2/c1-2-8(12)13-9-6(10)4-3-5-7(9)11/h3-5H,2,11H2,1H3. The molecule has 2 N–H and O–H groups in total. The highest BCUT2D eigenvalue weighted by atomic mass is 35.5. The van der Waals surface area contributed by atoms with Crippen molar-refractivity contribution in [2.45, 2.75) is 13.3 Å². The highest BCUT2D eigenvalue weighted by Gasteiger charge is 2.09. The maximum Gasteiger partial charge on any atom is 0.311 e. The van der Waals surface area contributed by atoms with Gasteiger partial charge in [0.2, 0.25) is 0 Å². The van der Waals surface area contributed by atoms with Crippen LogP contribution in [0.5, 0.6) is 5.75 Å². The van der Waals surface area contributed by atoms with Crippen LogP contribution in [0.15, 0.2) is 18.2 Å². The summed E-state index contributed by atoms with van der Waals surface area (Å²) in [6.07, 6.45) is 0.296. The van der Waals surface area contributed by atoms with E-state index in [1.165, 1.54) is 0 Å². The molecule has 0 aliphatic heterocycles. The molecule has 0 unspecified atom stereocenters. The van der Waals surface area contributed by atoms with Gasteiger partial charge in [0.05, 0.1) is 10.7 Å². The number of esters is 1. The topological polar surface area (TPSA) is 52.3 Å². The van der Waals surface area contributed by atoms with Crippen LogP contribution < -0.4 is 10.5 Å². The van der Waals surface area contributed by atoms with Gasteiger partial charge < -0.3 is 10.5 Å². The molecule has 0 aliphatic carbocycles. The number of hydrogen-bond acceptors (Lipinski definition) is 3. The molecule has 0 saturated carbocycles. The second-order valence-electron chi connectivity index (χ2n) is 2.49. The van der Waals surface area contributed by atoms with Crippen LogP contribution in [0, 0.1) is 0 Å². The van der Waals surface area contributed by atoms with Gasteiger partial charge in [0.25, 0.3) is 0 Å². The van der Waals surface area contributed by atoms with E-state index in [2.05, 4.69) is 0 Å². The van der Waals surface area contributed by atoms with E-state index < -0.39 is 0 Å². The maximum atomic E-state index is 10.9. The Morgan fingerprint density at radius 2 is 2.31 bits per heavy atom. The average Bonchev–Trinajstić information content (AvgIpc) is 2.11. The van der Waals surface area contributed by atoms with E-state index in [1.54, 1.807) is 25.1 Å². The molecule has 70 valence electrons. The molecule has 0 aromatic heterocycles. The smallest absolute Gasteiger partial charge is 0.311 e. The first kappa shape index (κ1) is 9.86. The van der Waals surface area contributed by atoms with Gasteiger partial charge in [0.15, 0.2) is 5.75 Å². The first-order valence-corrected chi connectivity index (χ1v) is 4.27. The summed E-state index contributed by atoms with van der Waals surface area (Å²) < 4.78 is 4.93. The van der Waals surface area contributed by atoms with Crippen molar-refractivity contribution in [2.24, 2.45) is 0 Å². The van der Waals surface area contributed by atoms with Gasteiger partial charge in [-0.05, 0) is 12.1 Å². The molecule has 0 atom stereocenters. The molecule has 1 rings (SSSR count). The average molecular weight is 200 g/mol. The van der Waals surface area contributed by atoms with Gasteiger partial charge in [0, 0.05) is 6.42 Å². The Labute approximate surface area is 81.4 Å². The van der Waals surface area contributed by atoms with Gasteiger partial charge in [-0.15, -0.1) is 0 Å². The largest absolute Gasteiger partial charge is 0.423 e. The Balaban J connectivity index is 2.93. The molecule has 0 fully saturated rings. The van der Waals surface area contributed by atoms with E-state index in [4.69, 9.17) is 22.1 Å². The van der Waals surface area contributed by atoms with Crippen LogP contribution in [-0.2, 0) is 4.79 Å². The van der Waals surface area contributed by atoms with Gasteiger partial charge in [-0.2, -0.15) is 0 Å². The van der Waals surface area contributed by atoms with Crippen molar-refractivity contribution < 1.29 is 9.53 Å². The Kier molecular flexibility index (Phi) is 3.14. The molecule has 0 saturated heterocycles. The van der Waals surface area contributed by atoms with Crippen molar-refractivity contribution in [1.82, 2.24) is 0 Å². The van der Waals surface area contributed by atoms with E-state index >= 15 is 0 Å². The zero-order valence-electron chi connectivity index (χ0n) is 7.21. The second kappa shape index (κ2) is 4.14. The van der Waals surface area contributed by atoms with Crippen molar-refractivity contribution in [3.8, 4) is 5.75 Å². The fourth-order valence-electron chi connectivity index (χ4n) is 0.819. The third kappa shape index (κ3) is 2.36. The van der Waals surface area contributed by atoms with Crippen LogP contribution in [0.25, 0.3) is 0 Å². The Bertz CT molecular complexity index is 305. The minimum absolute atomic E-state index is 0.246. The Morgan fingerprint density at radius 1 is 1.62 bits per heavy atom. The molecule has 4 heteroatoms. The predicted octanol–water partition coefficient (Wildman–Crippen LogP) is 2.24. The number of para-hydroxylation sites is 1. The predicted molar refractivity (Wildman–Crippen MR) is 51.8 cm³/mol. The summed E-state index contributed by atoms with van der Waals surface area (Å²) in [6.45, 7) is 1.70. The third-order valence-electron chi connectivity index (χ3n) is 1.50. The summed E-state index contributed by atoms with van der Waals surface area (Å²) in [7, 11) is 0. The van der Waals surface area contributed by atoms with Gasteiger partial charge in [-0.25, -0.2) is 0 Å². The number of hydrogen-bond donors (Lipinski definition) is 1. The Morgan fingerprint density at radius 3 is 2.85 bits per heavy atom. The lowest BCUT2D eigenvalue weighted by Gasteiger charge is -2.07. The van der Waals surface area contributed by atoms with E-state index in [1.807, 2.05) is 0 Å². The molecule has 1 aromatic rings. The minimum Gasteiger partial charge on any atom is -0.423 e. The highest BCUT2D eigenvalue weighted by Crippen LogP contribution is 2.30. The van der Waals surface area contributed by atoms with Gasteiger partial charge in [-0.1, -0.05) is 24.6 Å². The summed E-state index contributed by atoms with van der Waals surface area (Å²) in [4.78, 5) is 10.9. The van der Waals surface area contributed by atoms with Crippen molar-refractivity contribution in [3.05, 3.63) is 23.2 Å². The molecule has 0 radical (unpaired) electrons. The summed E-state index contributed by atoms with van der Waals surface area (Å²) >= 11 is 5.77. The number of nitrogen functional groups attached to an aromatic ring is 1. The fraction of sp³-hybridized carbons (Fsp3) is 0.222. The van der Waals surface area contributed by atoms with E-state index in [0.717, 1.165) is 0 Å². The monoisotopic (exact) mass is 199 g/mol. The molecule has 13 heavy (non-hydrogen) atoms. The van der Waals surface area contributed by atoms with Crippen molar-refractivity contribution in [1.29, 1.82) is 0 Å². The summed E-state index contributed by atoms with van der Waals surface area (Å²) in [5.41, 5.74) is 5.93. The summed E-state index contributed by atoms with van der Waals surface area (Å²) in [5, 5.41) is 0.349. The van der Waals surface area contributed by atoms with Crippen LogP contribution in [0.4, 0.5) is 5.69 Å². The van der Waals surface area contributed by atoms with Crippen LogP contribution in [0.1, 0.15) is 13.3 Å². The number of benzene rings is 1. The quantitative estimate of drug-likeness (QED) is 0.452. The van der Waals surface area contributed by atoms with Gasteiger partial charge >= 0.3 is 5.97 Å². The molecule has 3 nitrogen and oxygen atoms in total. The maximum absolute atomic E-state index is 10.9. The number of ether oxygens (including phenoxy) is 1. The zero-order chi connectivity index (χ0) is 9.84. The number of halogens is 1. The van der Waals surface area contributed by atoms with Crippen LogP contribution >= 0.6 is 11.6 Å². The Hall–Kier alpha value is -1.22. The summed E-state index contributed by atoms with van der Waals surface area (Å²) in [5.74, 6) is -0.101. The van der Waals surface area contributed by atoms with Crippen molar-refractivity contribution in [2.75, 3.05) is 5.73 Å². The van der Waals surface area contributed by atoms with Gasteiger partial charge in [0.1, 0.15) is 0 Å². The van der Waals surface area contributed by atoms with Gasteiger partial charge in [-0.3, -0.25) is 4.79 Å². The fourth-order valence-corrected chi connectivity index (χ4v) is 1.04. The van der Waals surface area contributed by atoms with E-state index in [0.29, 0.717) is 17.1 Å². The van der Waals surface area contributed by atoms with Crippen molar-refractivity contribution >= 4 is 23.3 Å². The van der Waals surface area contributed by atoms with E-state index in [9.17, 15) is 4.79 Å². The molecule has 0 aliphatic rings. The number of nitrogens with two attached hydrogens (primary N) is 1.